The predicted molar refractivity (Wildman–Crippen MR) is 187 cm³/mol. The molecule has 0 N–H and O–H groups in total. The molecule has 0 spiro atoms. The lowest BCUT2D eigenvalue weighted by molar-refractivity contribution is -0.129. The highest BCUT2D eigenvalue weighted by Crippen LogP contribution is 2.45. The molecule has 1 saturated carbocycles. The normalized spacial score (nSPS) is 21.7. The standard InChI is InChI=1S/C38H51F2N7O3/c1-24(48)45-18-14-33-32(23-45)36(46-15-6-7-27-19-30(28-21-41-43(5)22-28)31(35(39)40)20-34(27)46)42-47(33)29-10-8-25(9-11-29)26-12-16-44(17-13-26)37(49)50-38(2,3)4/h19-22,25-26,29,35H,6-18,23H2,1-5H3. The van der Waals surface area contributed by atoms with Crippen LogP contribution in [0.2, 0.25) is 0 Å². The van der Waals surface area contributed by atoms with E-state index in [0.29, 0.717) is 42.6 Å². The minimum atomic E-state index is -2.64. The number of aromatic nitrogens is 4. The molecule has 3 aromatic rings. The zero-order valence-electron chi connectivity index (χ0n) is 30.1. The Labute approximate surface area is 293 Å². The molecule has 2 amide bonds. The number of hydrogen-bond acceptors (Lipinski definition) is 6. The van der Waals surface area contributed by atoms with Crippen molar-refractivity contribution < 1.29 is 23.1 Å². The van der Waals surface area contributed by atoms with E-state index in [4.69, 9.17) is 9.84 Å². The highest BCUT2D eigenvalue weighted by atomic mass is 19.3. The van der Waals surface area contributed by atoms with E-state index in [2.05, 4.69) is 14.7 Å². The molecular formula is C38H51F2N7O3. The van der Waals surface area contributed by atoms with Crippen LogP contribution in [0.15, 0.2) is 24.5 Å². The van der Waals surface area contributed by atoms with Crippen molar-refractivity contribution in [2.45, 2.75) is 110 Å². The van der Waals surface area contributed by atoms with Crippen LogP contribution in [-0.4, -0.2) is 73.1 Å². The van der Waals surface area contributed by atoms with E-state index in [1.165, 1.54) is 5.69 Å². The van der Waals surface area contributed by atoms with Gasteiger partial charge in [0.15, 0.2) is 5.82 Å². The second kappa shape index (κ2) is 13.6. The van der Waals surface area contributed by atoms with Crippen LogP contribution in [0, 0.1) is 11.8 Å². The molecule has 0 unspecified atom stereocenters. The number of fused-ring (bicyclic) bond motifs is 2. The Morgan fingerprint density at radius 1 is 0.940 bits per heavy atom. The number of piperidine rings is 1. The van der Waals surface area contributed by atoms with Gasteiger partial charge in [0, 0.05) is 80.8 Å². The number of nitrogens with zero attached hydrogens (tertiary/aromatic N) is 7. The van der Waals surface area contributed by atoms with Crippen LogP contribution in [0.25, 0.3) is 11.1 Å². The van der Waals surface area contributed by atoms with E-state index in [1.54, 1.807) is 37.1 Å². The number of benzene rings is 1. The summed E-state index contributed by atoms with van der Waals surface area (Å²) in [5.74, 6) is 2.07. The van der Waals surface area contributed by atoms with E-state index in [0.717, 1.165) is 93.5 Å². The van der Waals surface area contributed by atoms with Gasteiger partial charge in [0.05, 0.1) is 18.8 Å². The zero-order chi connectivity index (χ0) is 35.3. The molecule has 0 atom stereocenters. The molecule has 5 heterocycles. The molecule has 0 bridgehead atoms. The van der Waals surface area contributed by atoms with Gasteiger partial charge >= 0.3 is 6.09 Å². The van der Waals surface area contributed by atoms with E-state index in [-0.39, 0.29) is 23.6 Å². The number of aryl methyl sites for hydroxylation is 2. The van der Waals surface area contributed by atoms with Crippen LogP contribution in [0.4, 0.5) is 25.1 Å². The molecule has 4 aliphatic rings. The third-order valence-corrected chi connectivity index (χ3v) is 11.3. The number of amides is 2. The van der Waals surface area contributed by atoms with E-state index in [1.807, 2.05) is 36.6 Å². The number of carbonyl (C=O) groups excluding carboxylic acids is 2. The molecule has 1 aromatic carbocycles. The molecule has 2 fully saturated rings. The molecule has 10 nitrogen and oxygen atoms in total. The van der Waals surface area contributed by atoms with Crippen LogP contribution in [0.3, 0.4) is 0 Å². The Bertz CT molecular complexity index is 1730. The van der Waals surface area contributed by atoms with Gasteiger partial charge in [-0.25, -0.2) is 13.6 Å². The number of likely N-dealkylation sites (tertiary alicyclic amines) is 1. The number of ether oxygens (including phenoxy) is 1. The van der Waals surface area contributed by atoms with Crippen molar-refractivity contribution in [3.05, 3.63) is 46.9 Å². The number of halogens is 2. The number of alkyl halides is 2. The minimum absolute atomic E-state index is 0.00226. The molecule has 3 aliphatic heterocycles. The van der Waals surface area contributed by atoms with Crippen molar-refractivity contribution in [2.75, 3.05) is 31.1 Å². The van der Waals surface area contributed by atoms with E-state index >= 15 is 0 Å². The van der Waals surface area contributed by atoms with Crippen molar-refractivity contribution in [1.82, 2.24) is 29.4 Å². The average Bonchev–Trinajstić information content (AvgIpc) is 3.70. The second-order valence-electron chi connectivity index (χ2n) is 15.8. The monoisotopic (exact) mass is 691 g/mol. The van der Waals surface area contributed by atoms with Crippen molar-refractivity contribution in [1.29, 1.82) is 0 Å². The lowest BCUT2D eigenvalue weighted by atomic mass is 9.74. The largest absolute Gasteiger partial charge is 0.444 e. The Morgan fingerprint density at radius 3 is 2.30 bits per heavy atom. The van der Waals surface area contributed by atoms with Crippen LogP contribution < -0.4 is 4.90 Å². The summed E-state index contributed by atoms with van der Waals surface area (Å²) in [7, 11) is 1.79. The average molecular weight is 692 g/mol. The van der Waals surface area contributed by atoms with Gasteiger partial charge in [0.25, 0.3) is 6.43 Å². The number of rotatable bonds is 5. The SMILES string of the molecule is CC(=O)N1CCc2c(c(N3CCCc4cc(-c5cnn(C)c5)c(C(F)F)cc43)nn2C2CCC(C3CCN(C(=O)OC(C)(C)C)CC3)CC2)C1. The third-order valence-electron chi connectivity index (χ3n) is 11.3. The van der Waals surface area contributed by atoms with Crippen molar-refractivity contribution in [3.63, 3.8) is 0 Å². The molecule has 270 valence electrons. The van der Waals surface area contributed by atoms with Gasteiger partial charge in [-0.2, -0.15) is 10.2 Å². The van der Waals surface area contributed by atoms with Gasteiger partial charge in [0.2, 0.25) is 5.91 Å². The maximum atomic E-state index is 14.6. The van der Waals surface area contributed by atoms with Crippen molar-refractivity contribution >= 4 is 23.5 Å². The summed E-state index contributed by atoms with van der Waals surface area (Å²) in [6, 6.07) is 3.84. The summed E-state index contributed by atoms with van der Waals surface area (Å²) in [6.07, 6.45) is 9.29. The summed E-state index contributed by atoms with van der Waals surface area (Å²) in [5.41, 5.74) is 4.76. The molecule has 7 rings (SSSR count). The summed E-state index contributed by atoms with van der Waals surface area (Å²) in [6.45, 7) is 10.6. The van der Waals surface area contributed by atoms with Gasteiger partial charge in [-0.15, -0.1) is 0 Å². The Morgan fingerprint density at radius 2 is 1.66 bits per heavy atom. The maximum Gasteiger partial charge on any atom is 0.410 e. The Hall–Kier alpha value is -3.96. The number of anilines is 2. The fraction of sp³-hybridized carbons (Fsp3) is 0.632. The molecule has 12 heteroatoms. The van der Waals surface area contributed by atoms with Crippen LogP contribution >= 0.6 is 0 Å². The quantitative estimate of drug-likeness (QED) is 0.274. The molecule has 2 aromatic heterocycles. The zero-order valence-corrected chi connectivity index (χ0v) is 30.1. The summed E-state index contributed by atoms with van der Waals surface area (Å²) in [4.78, 5) is 31.1. The summed E-state index contributed by atoms with van der Waals surface area (Å²) in [5, 5.41) is 9.57. The fourth-order valence-corrected chi connectivity index (χ4v) is 8.77. The fourth-order valence-electron chi connectivity index (χ4n) is 8.77. The first kappa shape index (κ1) is 34.5. The smallest absolute Gasteiger partial charge is 0.410 e. The molecule has 1 saturated heterocycles. The van der Waals surface area contributed by atoms with E-state index < -0.39 is 12.0 Å². The van der Waals surface area contributed by atoms with Gasteiger partial charge in [0.1, 0.15) is 5.60 Å². The molecule has 0 radical (unpaired) electrons. The Balaban J connectivity index is 1.13. The number of carbonyl (C=O) groups is 2. The molecule has 1 aliphatic carbocycles. The van der Waals surface area contributed by atoms with Crippen molar-refractivity contribution in [3.8, 4) is 11.1 Å². The van der Waals surface area contributed by atoms with E-state index in [9.17, 15) is 18.4 Å². The van der Waals surface area contributed by atoms with Crippen molar-refractivity contribution in [2.24, 2.45) is 18.9 Å². The predicted octanol–water partition coefficient (Wildman–Crippen LogP) is 7.59. The molecule has 50 heavy (non-hydrogen) atoms. The number of hydrogen-bond donors (Lipinski definition) is 0. The Kier molecular flexibility index (Phi) is 9.41. The van der Waals surface area contributed by atoms with Gasteiger partial charge in [-0.05, 0) is 107 Å². The third kappa shape index (κ3) is 6.86. The maximum absolute atomic E-state index is 14.6. The highest BCUT2D eigenvalue weighted by molar-refractivity contribution is 5.78. The summed E-state index contributed by atoms with van der Waals surface area (Å²) < 4.78 is 38.7. The van der Waals surface area contributed by atoms with Gasteiger partial charge in [-0.1, -0.05) is 0 Å². The first-order valence-electron chi connectivity index (χ1n) is 18.4. The lowest BCUT2D eigenvalue weighted by Crippen LogP contribution is -2.43. The van der Waals surface area contributed by atoms with Crippen LogP contribution in [0.5, 0.6) is 0 Å². The highest BCUT2D eigenvalue weighted by Gasteiger charge is 2.37. The van der Waals surface area contributed by atoms with Gasteiger partial charge < -0.3 is 19.4 Å². The first-order chi connectivity index (χ1) is 23.9. The molecular weight excluding hydrogens is 640 g/mol. The first-order valence-corrected chi connectivity index (χ1v) is 18.4. The van der Waals surface area contributed by atoms with Crippen LogP contribution in [-0.2, 0) is 36.0 Å². The topological polar surface area (TPSA) is 88.7 Å². The van der Waals surface area contributed by atoms with Gasteiger partial charge in [-0.3, -0.25) is 14.2 Å². The second-order valence-corrected chi connectivity index (χ2v) is 15.8. The minimum Gasteiger partial charge on any atom is -0.444 e. The lowest BCUT2D eigenvalue weighted by Gasteiger charge is -2.39. The van der Waals surface area contributed by atoms with Crippen LogP contribution in [0.1, 0.15) is 107 Å². The summed E-state index contributed by atoms with van der Waals surface area (Å²) >= 11 is 0.